The van der Waals surface area contributed by atoms with Crippen molar-refractivity contribution in [1.29, 1.82) is 0 Å². The quantitative estimate of drug-likeness (QED) is 0.398. The van der Waals surface area contributed by atoms with Crippen molar-refractivity contribution in [3.05, 3.63) is 81.4 Å². The maximum absolute atomic E-state index is 12.9. The van der Waals surface area contributed by atoms with Crippen LogP contribution in [0.25, 0.3) is 10.9 Å². The van der Waals surface area contributed by atoms with Crippen LogP contribution < -0.4 is 10.3 Å². The van der Waals surface area contributed by atoms with Gasteiger partial charge in [-0.3, -0.25) is 9.69 Å². The van der Waals surface area contributed by atoms with Crippen molar-refractivity contribution < 1.29 is 9.47 Å². The van der Waals surface area contributed by atoms with E-state index in [1.807, 2.05) is 24.3 Å². The maximum Gasteiger partial charge on any atom is 0.252 e. The minimum atomic E-state index is -0.122. The van der Waals surface area contributed by atoms with Gasteiger partial charge in [-0.15, -0.1) is 5.10 Å². The van der Waals surface area contributed by atoms with Gasteiger partial charge in [0.2, 0.25) is 0 Å². The lowest BCUT2D eigenvalue weighted by atomic mass is 10.1. The standard InChI is InChI=1S/C24H28N6O3/c1-17-4-6-18(7-5-17)14-29(16-23-26-27-28-30(23)10-11-32-2)15-20-12-19-8-9-21(33-3)13-22(19)25-24(20)31/h4-9,12-13H,10-11,14-16H2,1-3H3,(H,25,31). The molecule has 0 saturated heterocycles. The van der Waals surface area contributed by atoms with E-state index in [0.717, 1.165) is 22.3 Å². The van der Waals surface area contributed by atoms with Crippen molar-refractivity contribution in [2.45, 2.75) is 33.1 Å². The van der Waals surface area contributed by atoms with E-state index in [9.17, 15) is 4.79 Å². The Morgan fingerprint density at radius 1 is 1.03 bits per heavy atom. The summed E-state index contributed by atoms with van der Waals surface area (Å²) in [5.74, 6) is 1.43. The largest absolute Gasteiger partial charge is 0.497 e. The van der Waals surface area contributed by atoms with Gasteiger partial charge in [0.25, 0.3) is 5.56 Å². The van der Waals surface area contributed by atoms with Crippen LogP contribution in [0.2, 0.25) is 0 Å². The smallest absolute Gasteiger partial charge is 0.252 e. The lowest BCUT2D eigenvalue weighted by Crippen LogP contribution is -2.28. The number of nitrogens with zero attached hydrogens (tertiary/aromatic N) is 5. The van der Waals surface area contributed by atoms with Crippen LogP contribution in [0, 0.1) is 6.92 Å². The Balaban J connectivity index is 1.63. The Bertz CT molecular complexity index is 1270. The summed E-state index contributed by atoms with van der Waals surface area (Å²) in [4.78, 5) is 18.0. The number of tetrazole rings is 1. The molecule has 9 heteroatoms. The number of aromatic amines is 1. The normalized spacial score (nSPS) is 11.4. The fourth-order valence-corrected chi connectivity index (χ4v) is 3.72. The molecule has 172 valence electrons. The number of fused-ring (bicyclic) bond motifs is 1. The molecule has 0 unspecified atom stereocenters. The van der Waals surface area contributed by atoms with Gasteiger partial charge in [0.05, 0.1) is 32.3 Å². The average Bonchev–Trinajstić information content (AvgIpc) is 3.26. The predicted octanol–water partition coefficient (Wildman–Crippen LogP) is 2.68. The van der Waals surface area contributed by atoms with E-state index in [0.29, 0.717) is 44.1 Å². The summed E-state index contributed by atoms with van der Waals surface area (Å²) in [6.07, 6.45) is 0. The van der Waals surface area contributed by atoms with Gasteiger partial charge in [0.1, 0.15) is 5.75 Å². The number of benzene rings is 2. The highest BCUT2D eigenvalue weighted by Gasteiger charge is 2.16. The highest BCUT2D eigenvalue weighted by Crippen LogP contribution is 2.20. The molecule has 0 saturated carbocycles. The molecule has 2 aromatic heterocycles. The summed E-state index contributed by atoms with van der Waals surface area (Å²) in [5.41, 5.74) is 3.66. The van der Waals surface area contributed by atoms with E-state index in [1.54, 1.807) is 18.9 Å². The highest BCUT2D eigenvalue weighted by atomic mass is 16.5. The van der Waals surface area contributed by atoms with Gasteiger partial charge >= 0.3 is 0 Å². The summed E-state index contributed by atoms with van der Waals surface area (Å²) < 4.78 is 12.2. The van der Waals surface area contributed by atoms with Crippen LogP contribution in [-0.4, -0.2) is 50.9 Å². The Morgan fingerprint density at radius 3 is 2.61 bits per heavy atom. The summed E-state index contributed by atoms with van der Waals surface area (Å²) in [7, 11) is 3.26. The van der Waals surface area contributed by atoms with Crippen LogP contribution >= 0.6 is 0 Å². The zero-order chi connectivity index (χ0) is 23.2. The first-order valence-corrected chi connectivity index (χ1v) is 10.8. The van der Waals surface area contributed by atoms with Gasteiger partial charge in [-0.25, -0.2) is 4.68 Å². The molecule has 9 nitrogen and oxygen atoms in total. The zero-order valence-corrected chi connectivity index (χ0v) is 19.1. The second kappa shape index (κ2) is 10.4. The third kappa shape index (κ3) is 5.63. The summed E-state index contributed by atoms with van der Waals surface area (Å²) in [5, 5.41) is 13.1. The first-order valence-electron chi connectivity index (χ1n) is 10.8. The van der Waals surface area contributed by atoms with E-state index in [-0.39, 0.29) is 5.56 Å². The van der Waals surface area contributed by atoms with Gasteiger partial charge in [-0.2, -0.15) is 0 Å². The summed E-state index contributed by atoms with van der Waals surface area (Å²) in [6.45, 7) is 4.74. The number of aromatic nitrogens is 5. The summed E-state index contributed by atoms with van der Waals surface area (Å²) >= 11 is 0. The number of hydrogen-bond donors (Lipinski definition) is 1. The molecule has 2 aromatic carbocycles. The molecular formula is C24H28N6O3. The Morgan fingerprint density at radius 2 is 1.85 bits per heavy atom. The van der Waals surface area contributed by atoms with Crippen molar-refractivity contribution in [3.8, 4) is 5.75 Å². The van der Waals surface area contributed by atoms with Crippen molar-refractivity contribution in [3.63, 3.8) is 0 Å². The molecule has 0 bridgehead atoms. The molecule has 0 fully saturated rings. The summed E-state index contributed by atoms with van der Waals surface area (Å²) in [6, 6.07) is 16.0. The molecule has 0 amide bonds. The van der Waals surface area contributed by atoms with E-state index in [1.165, 1.54) is 5.56 Å². The van der Waals surface area contributed by atoms with E-state index >= 15 is 0 Å². The minimum absolute atomic E-state index is 0.122. The molecule has 0 aliphatic heterocycles. The number of nitrogens with one attached hydrogen (secondary N) is 1. The second-order valence-corrected chi connectivity index (χ2v) is 8.02. The molecule has 33 heavy (non-hydrogen) atoms. The Hall–Kier alpha value is -3.56. The second-order valence-electron chi connectivity index (χ2n) is 8.02. The van der Waals surface area contributed by atoms with Gasteiger partial charge < -0.3 is 14.5 Å². The molecule has 0 radical (unpaired) electrons. The molecule has 0 spiro atoms. The minimum Gasteiger partial charge on any atom is -0.497 e. The molecule has 4 aromatic rings. The number of hydrogen-bond acceptors (Lipinski definition) is 7. The lowest BCUT2D eigenvalue weighted by Gasteiger charge is -2.22. The van der Waals surface area contributed by atoms with Crippen LogP contribution in [0.4, 0.5) is 0 Å². The molecule has 0 aliphatic rings. The molecule has 0 aliphatic carbocycles. The highest BCUT2D eigenvalue weighted by molar-refractivity contribution is 5.80. The fraction of sp³-hybridized carbons (Fsp3) is 0.333. The third-order valence-corrected chi connectivity index (χ3v) is 5.53. The van der Waals surface area contributed by atoms with Crippen LogP contribution in [0.3, 0.4) is 0 Å². The van der Waals surface area contributed by atoms with Crippen LogP contribution in [-0.2, 0) is 30.9 Å². The first-order chi connectivity index (χ1) is 16.1. The molecule has 4 rings (SSSR count). The van der Waals surface area contributed by atoms with E-state index in [2.05, 4.69) is 56.6 Å². The number of methoxy groups -OCH3 is 2. The van der Waals surface area contributed by atoms with Crippen LogP contribution in [0.5, 0.6) is 5.75 Å². The lowest BCUT2D eigenvalue weighted by molar-refractivity contribution is 0.177. The number of pyridine rings is 1. The number of H-pyrrole nitrogens is 1. The van der Waals surface area contributed by atoms with E-state index in [4.69, 9.17) is 9.47 Å². The van der Waals surface area contributed by atoms with Gasteiger partial charge in [0.15, 0.2) is 5.82 Å². The van der Waals surface area contributed by atoms with Crippen molar-refractivity contribution in [1.82, 2.24) is 30.1 Å². The number of rotatable bonds is 10. The van der Waals surface area contributed by atoms with E-state index < -0.39 is 0 Å². The number of aryl methyl sites for hydroxylation is 1. The molecular weight excluding hydrogens is 420 g/mol. The Kier molecular flexibility index (Phi) is 7.11. The average molecular weight is 449 g/mol. The molecule has 0 atom stereocenters. The third-order valence-electron chi connectivity index (χ3n) is 5.53. The predicted molar refractivity (Wildman–Crippen MR) is 125 cm³/mol. The van der Waals surface area contributed by atoms with Gasteiger partial charge in [0, 0.05) is 31.8 Å². The monoisotopic (exact) mass is 448 g/mol. The van der Waals surface area contributed by atoms with Crippen molar-refractivity contribution in [2.75, 3.05) is 20.8 Å². The number of ether oxygens (including phenoxy) is 2. The van der Waals surface area contributed by atoms with Crippen LogP contribution in [0.15, 0.2) is 53.3 Å². The Labute approximate surface area is 191 Å². The SMILES string of the molecule is COCCn1nnnc1CN(Cc1ccc(C)cc1)Cc1cc2ccc(OC)cc2[nH]c1=O. The molecule has 2 heterocycles. The fourth-order valence-electron chi connectivity index (χ4n) is 3.72. The topological polar surface area (TPSA) is 98.2 Å². The molecule has 1 N–H and O–H groups in total. The van der Waals surface area contributed by atoms with Gasteiger partial charge in [-0.1, -0.05) is 29.8 Å². The van der Waals surface area contributed by atoms with Gasteiger partial charge in [-0.05, 0) is 46.5 Å². The van der Waals surface area contributed by atoms with Crippen LogP contribution in [0.1, 0.15) is 22.5 Å². The first kappa shape index (κ1) is 22.6. The zero-order valence-electron chi connectivity index (χ0n) is 19.1. The van der Waals surface area contributed by atoms with Crippen molar-refractivity contribution in [2.24, 2.45) is 0 Å². The maximum atomic E-state index is 12.9. The van der Waals surface area contributed by atoms with Crippen molar-refractivity contribution >= 4 is 10.9 Å².